The van der Waals surface area contributed by atoms with Crippen LogP contribution in [0.3, 0.4) is 0 Å². The first kappa shape index (κ1) is 22.3. The Morgan fingerprint density at radius 2 is 1.91 bits per heavy atom. The molecule has 0 atom stereocenters. The zero-order valence-electron chi connectivity index (χ0n) is 17.6. The highest BCUT2D eigenvalue weighted by molar-refractivity contribution is 7.21. The molecule has 1 amide bonds. The first-order valence-corrected chi connectivity index (χ1v) is 11.7. The van der Waals surface area contributed by atoms with Crippen LogP contribution in [0.25, 0.3) is 10.1 Å². The highest BCUT2D eigenvalue weighted by atomic mass is 35.5. The quantitative estimate of drug-likeness (QED) is 0.213. The minimum absolute atomic E-state index is 0.0398. The van der Waals surface area contributed by atoms with Gasteiger partial charge in [-0.15, -0.1) is 11.3 Å². The number of nitrogens with one attached hydrogen (secondary N) is 1. The molecule has 32 heavy (non-hydrogen) atoms. The summed E-state index contributed by atoms with van der Waals surface area (Å²) < 4.78 is 11.9. The molecule has 6 nitrogen and oxygen atoms in total. The Labute approximate surface area is 195 Å². The van der Waals surface area contributed by atoms with Crippen LogP contribution in [0.5, 0.6) is 11.5 Å². The summed E-state index contributed by atoms with van der Waals surface area (Å²) in [6, 6.07) is 12.6. The highest BCUT2D eigenvalue weighted by Crippen LogP contribution is 2.37. The fourth-order valence-corrected chi connectivity index (χ4v) is 5.15. The molecule has 8 heteroatoms. The van der Waals surface area contributed by atoms with Crippen molar-refractivity contribution >= 4 is 51.1 Å². The van der Waals surface area contributed by atoms with E-state index < -0.39 is 5.97 Å². The van der Waals surface area contributed by atoms with E-state index >= 15 is 0 Å². The summed E-state index contributed by atoms with van der Waals surface area (Å²) in [6.07, 6.45) is 6.74. The predicted molar refractivity (Wildman–Crippen MR) is 127 cm³/mol. The molecule has 1 aliphatic rings. The van der Waals surface area contributed by atoms with Crippen molar-refractivity contribution in [2.75, 3.05) is 7.11 Å². The maximum atomic E-state index is 12.7. The van der Waals surface area contributed by atoms with Gasteiger partial charge in [0.15, 0.2) is 11.5 Å². The van der Waals surface area contributed by atoms with Crippen molar-refractivity contribution in [1.29, 1.82) is 0 Å². The summed E-state index contributed by atoms with van der Waals surface area (Å²) in [6.45, 7) is 0. The van der Waals surface area contributed by atoms with E-state index in [-0.39, 0.29) is 17.6 Å². The molecule has 1 aromatic heterocycles. The second-order valence-corrected chi connectivity index (χ2v) is 9.04. The lowest BCUT2D eigenvalue weighted by Gasteiger charge is -2.19. The molecule has 0 aliphatic heterocycles. The first-order valence-electron chi connectivity index (χ1n) is 10.5. The minimum Gasteiger partial charge on any atom is -0.493 e. The van der Waals surface area contributed by atoms with E-state index in [0.29, 0.717) is 21.2 Å². The number of hydrogen-bond donors (Lipinski definition) is 1. The molecular weight excluding hydrogens is 448 g/mol. The molecule has 2 aromatic carbocycles. The van der Waals surface area contributed by atoms with Crippen LogP contribution in [0.4, 0.5) is 0 Å². The first-order chi connectivity index (χ1) is 15.6. The Bertz CT molecular complexity index is 1170. The number of halogens is 1. The summed E-state index contributed by atoms with van der Waals surface area (Å²) in [5.41, 5.74) is 3.32. The number of thiophene rings is 1. The van der Waals surface area contributed by atoms with Crippen molar-refractivity contribution < 1.29 is 19.1 Å². The number of amides is 1. The van der Waals surface area contributed by atoms with Crippen LogP contribution in [0.2, 0.25) is 5.02 Å². The number of benzene rings is 2. The average Bonchev–Trinajstić information content (AvgIpc) is 3.17. The van der Waals surface area contributed by atoms with E-state index in [1.54, 1.807) is 18.2 Å². The number of ether oxygens (including phenoxy) is 2. The molecule has 1 aliphatic carbocycles. The van der Waals surface area contributed by atoms with Gasteiger partial charge in [0.2, 0.25) is 5.91 Å². The largest absolute Gasteiger partial charge is 0.493 e. The summed E-state index contributed by atoms with van der Waals surface area (Å²) in [7, 11) is 1.49. The van der Waals surface area contributed by atoms with Gasteiger partial charge in [-0.2, -0.15) is 5.10 Å². The SMILES string of the molecule is COc1cc(C=NNC(=O)C2CCCCC2)ccc1OC(=O)c1sc2ccccc2c1Cl. The lowest BCUT2D eigenvalue weighted by molar-refractivity contribution is -0.125. The Morgan fingerprint density at radius 1 is 1.12 bits per heavy atom. The van der Waals surface area contributed by atoms with Crippen LogP contribution >= 0.6 is 22.9 Å². The average molecular weight is 471 g/mol. The minimum atomic E-state index is -0.546. The lowest BCUT2D eigenvalue weighted by atomic mass is 9.89. The standard InChI is InChI=1S/C24H23ClN2O4S/c1-30-19-13-15(14-26-27-23(28)16-7-3-2-4-8-16)11-12-18(19)31-24(29)22-21(25)17-9-5-6-10-20(17)32-22/h5-6,9-14,16H,2-4,7-8H2,1H3,(H,27,28). The maximum Gasteiger partial charge on any atom is 0.355 e. The van der Waals surface area contributed by atoms with Crippen molar-refractivity contribution in [3.8, 4) is 11.5 Å². The Morgan fingerprint density at radius 3 is 2.66 bits per heavy atom. The summed E-state index contributed by atoms with van der Waals surface area (Å²) in [5, 5.41) is 5.26. The van der Waals surface area contributed by atoms with E-state index in [2.05, 4.69) is 10.5 Å². The molecular formula is C24H23ClN2O4S. The molecule has 1 heterocycles. The highest BCUT2D eigenvalue weighted by Gasteiger charge is 2.21. The normalized spacial score (nSPS) is 14.6. The van der Waals surface area contributed by atoms with Gasteiger partial charge < -0.3 is 9.47 Å². The number of methoxy groups -OCH3 is 1. The number of nitrogens with zero attached hydrogens (tertiary/aromatic N) is 1. The van der Waals surface area contributed by atoms with E-state index in [9.17, 15) is 9.59 Å². The van der Waals surface area contributed by atoms with Crippen molar-refractivity contribution in [2.24, 2.45) is 11.0 Å². The molecule has 1 fully saturated rings. The fraction of sp³-hybridized carbons (Fsp3) is 0.292. The van der Waals surface area contributed by atoms with Crippen LogP contribution in [0.15, 0.2) is 47.6 Å². The van der Waals surface area contributed by atoms with Crippen LogP contribution in [0.1, 0.15) is 47.3 Å². The number of carbonyl (C=O) groups is 2. The maximum absolute atomic E-state index is 12.7. The molecule has 0 unspecified atom stereocenters. The number of fused-ring (bicyclic) bond motifs is 1. The van der Waals surface area contributed by atoms with Gasteiger partial charge in [0.25, 0.3) is 0 Å². The predicted octanol–water partition coefficient (Wildman–Crippen LogP) is 5.81. The third kappa shape index (κ3) is 4.95. The van der Waals surface area contributed by atoms with Crippen LogP contribution in [-0.2, 0) is 4.79 Å². The fourth-order valence-electron chi connectivity index (χ4n) is 3.77. The van der Waals surface area contributed by atoms with Gasteiger partial charge in [0.1, 0.15) is 4.88 Å². The zero-order chi connectivity index (χ0) is 22.5. The van der Waals surface area contributed by atoms with Crippen LogP contribution in [0, 0.1) is 5.92 Å². The Kier molecular flexibility index (Phi) is 7.07. The van der Waals surface area contributed by atoms with Gasteiger partial charge in [0.05, 0.1) is 18.3 Å². The Balaban J connectivity index is 1.44. The second kappa shape index (κ2) is 10.1. The van der Waals surface area contributed by atoms with E-state index in [0.717, 1.165) is 35.8 Å². The molecule has 3 aromatic rings. The summed E-state index contributed by atoms with van der Waals surface area (Å²) >= 11 is 7.67. The molecule has 0 bridgehead atoms. The number of esters is 1. The van der Waals surface area contributed by atoms with Gasteiger partial charge in [-0.05, 0) is 42.7 Å². The van der Waals surface area contributed by atoms with E-state index in [4.69, 9.17) is 21.1 Å². The second-order valence-electron chi connectivity index (χ2n) is 7.61. The summed E-state index contributed by atoms with van der Waals surface area (Å²) in [5.74, 6) is 0.0971. The van der Waals surface area contributed by atoms with Crippen LogP contribution in [-0.4, -0.2) is 25.2 Å². The molecule has 4 rings (SSSR count). The molecule has 0 spiro atoms. The van der Waals surface area contributed by atoms with Crippen molar-refractivity contribution in [2.45, 2.75) is 32.1 Å². The van der Waals surface area contributed by atoms with Gasteiger partial charge in [-0.3, -0.25) is 4.79 Å². The van der Waals surface area contributed by atoms with Gasteiger partial charge >= 0.3 is 5.97 Å². The van der Waals surface area contributed by atoms with E-state index in [1.807, 2.05) is 24.3 Å². The molecule has 0 radical (unpaired) electrons. The number of rotatable bonds is 6. The van der Waals surface area contributed by atoms with Gasteiger partial charge in [-0.1, -0.05) is 49.1 Å². The third-order valence-electron chi connectivity index (χ3n) is 5.47. The van der Waals surface area contributed by atoms with Crippen molar-refractivity contribution in [3.05, 3.63) is 57.9 Å². The van der Waals surface area contributed by atoms with Crippen molar-refractivity contribution in [1.82, 2.24) is 5.43 Å². The van der Waals surface area contributed by atoms with Crippen molar-refractivity contribution in [3.63, 3.8) is 0 Å². The molecule has 1 N–H and O–H groups in total. The lowest BCUT2D eigenvalue weighted by Crippen LogP contribution is -2.28. The number of hydrogen-bond acceptors (Lipinski definition) is 6. The number of hydrazone groups is 1. The summed E-state index contributed by atoms with van der Waals surface area (Å²) in [4.78, 5) is 25.3. The molecule has 1 saturated carbocycles. The molecule has 0 saturated heterocycles. The van der Waals surface area contributed by atoms with Crippen LogP contribution < -0.4 is 14.9 Å². The number of carbonyl (C=O) groups excluding carboxylic acids is 2. The zero-order valence-corrected chi connectivity index (χ0v) is 19.2. The monoisotopic (exact) mass is 470 g/mol. The van der Waals surface area contributed by atoms with Gasteiger partial charge in [0, 0.05) is 16.0 Å². The van der Waals surface area contributed by atoms with E-state index in [1.165, 1.54) is 31.1 Å². The molecule has 166 valence electrons. The Hall–Kier alpha value is -2.90. The topological polar surface area (TPSA) is 77.0 Å². The third-order valence-corrected chi connectivity index (χ3v) is 7.13. The smallest absolute Gasteiger partial charge is 0.355 e. The van der Waals surface area contributed by atoms with Gasteiger partial charge in [-0.25, -0.2) is 10.2 Å².